The molecule has 1 heterocycles. The lowest BCUT2D eigenvalue weighted by Crippen LogP contribution is -2.45. The molecule has 1 N–H and O–H groups in total. The van der Waals surface area contributed by atoms with Gasteiger partial charge in [-0.25, -0.2) is 4.79 Å². The molecule has 4 nitrogen and oxygen atoms in total. The van der Waals surface area contributed by atoms with Gasteiger partial charge in [-0.3, -0.25) is 0 Å². The molecule has 104 valence electrons. The summed E-state index contributed by atoms with van der Waals surface area (Å²) in [4.78, 5) is 14.2. The molecule has 0 bridgehead atoms. The van der Waals surface area contributed by atoms with Crippen LogP contribution in [-0.4, -0.2) is 30.6 Å². The van der Waals surface area contributed by atoms with E-state index < -0.39 is 0 Å². The van der Waals surface area contributed by atoms with Gasteiger partial charge in [-0.15, -0.1) is 0 Å². The Morgan fingerprint density at radius 3 is 2.74 bits per heavy atom. The third kappa shape index (κ3) is 3.40. The number of carbonyl (C=O) groups is 1. The summed E-state index contributed by atoms with van der Waals surface area (Å²) in [5.74, 6) is 0.794. The minimum absolute atomic E-state index is 0.0108. The van der Waals surface area contributed by atoms with E-state index in [4.69, 9.17) is 4.74 Å². The van der Waals surface area contributed by atoms with Gasteiger partial charge in [-0.1, -0.05) is 6.92 Å². The van der Waals surface area contributed by atoms with Crippen molar-refractivity contribution in [3.63, 3.8) is 0 Å². The van der Waals surface area contributed by atoms with E-state index >= 15 is 0 Å². The van der Waals surface area contributed by atoms with Gasteiger partial charge in [0.2, 0.25) is 0 Å². The Morgan fingerprint density at radius 1 is 1.37 bits per heavy atom. The van der Waals surface area contributed by atoms with Gasteiger partial charge in [0.1, 0.15) is 5.75 Å². The van der Waals surface area contributed by atoms with Crippen molar-refractivity contribution in [3.05, 3.63) is 24.3 Å². The molecule has 2 amide bonds. The number of anilines is 1. The molecule has 1 fully saturated rings. The summed E-state index contributed by atoms with van der Waals surface area (Å²) in [6.45, 7) is 3.00. The summed E-state index contributed by atoms with van der Waals surface area (Å²) < 4.78 is 5.10. The standard InChI is InChI=1S/C15H22N2O2/c1-3-13-6-4-5-11-17(13)15(18)16-12-7-9-14(19-2)10-8-12/h7-10,13H,3-6,11H2,1-2H3,(H,16,18). The second-order valence-corrected chi connectivity index (χ2v) is 4.91. The van der Waals surface area contributed by atoms with Crippen molar-refractivity contribution in [2.75, 3.05) is 19.0 Å². The van der Waals surface area contributed by atoms with Crippen molar-refractivity contribution >= 4 is 11.7 Å². The second-order valence-electron chi connectivity index (χ2n) is 4.91. The Hall–Kier alpha value is -1.71. The average molecular weight is 262 g/mol. The Kier molecular flexibility index (Phi) is 4.66. The summed E-state index contributed by atoms with van der Waals surface area (Å²) in [6.07, 6.45) is 4.47. The second kappa shape index (κ2) is 6.45. The molecule has 4 heteroatoms. The van der Waals surface area contributed by atoms with E-state index in [0.29, 0.717) is 6.04 Å². The van der Waals surface area contributed by atoms with E-state index in [1.54, 1.807) is 7.11 Å². The van der Waals surface area contributed by atoms with Gasteiger partial charge in [-0.2, -0.15) is 0 Å². The van der Waals surface area contributed by atoms with Crippen molar-refractivity contribution in [1.82, 2.24) is 4.90 Å². The van der Waals surface area contributed by atoms with Crippen molar-refractivity contribution in [2.45, 2.75) is 38.6 Å². The number of likely N-dealkylation sites (tertiary alicyclic amines) is 1. The molecular formula is C15H22N2O2. The van der Waals surface area contributed by atoms with Crippen molar-refractivity contribution < 1.29 is 9.53 Å². The highest BCUT2D eigenvalue weighted by molar-refractivity contribution is 5.89. The van der Waals surface area contributed by atoms with Crippen LogP contribution in [0.4, 0.5) is 10.5 Å². The number of carbonyl (C=O) groups excluding carboxylic acids is 1. The average Bonchev–Trinajstić information content (AvgIpc) is 2.48. The number of nitrogens with zero attached hydrogens (tertiary/aromatic N) is 1. The Labute approximate surface area is 114 Å². The normalized spacial score (nSPS) is 19.1. The van der Waals surface area contributed by atoms with E-state index in [1.807, 2.05) is 29.2 Å². The molecule has 0 saturated carbocycles. The summed E-state index contributed by atoms with van der Waals surface area (Å²) in [6, 6.07) is 7.82. The number of nitrogens with one attached hydrogen (secondary N) is 1. The fraction of sp³-hybridized carbons (Fsp3) is 0.533. The van der Waals surface area contributed by atoms with Gasteiger partial charge in [0.15, 0.2) is 0 Å². The number of rotatable bonds is 3. The summed E-state index contributed by atoms with van der Waals surface area (Å²) >= 11 is 0. The molecule has 0 aromatic heterocycles. The third-order valence-electron chi connectivity index (χ3n) is 3.70. The minimum atomic E-state index is 0.0108. The molecule has 0 spiro atoms. The van der Waals surface area contributed by atoms with Gasteiger partial charge in [0.25, 0.3) is 0 Å². The SMILES string of the molecule is CCC1CCCCN1C(=O)Nc1ccc(OC)cc1. The predicted molar refractivity (Wildman–Crippen MR) is 76.6 cm³/mol. The maximum Gasteiger partial charge on any atom is 0.322 e. The number of amides is 2. The van der Waals surface area contributed by atoms with Crippen molar-refractivity contribution in [2.24, 2.45) is 0 Å². The first-order chi connectivity index (χ1) is 9.24. The molecule has 1 aromatic rings. The first kappa shape index (κ1) is 13.7. The highest BCUT2D eigenvalue weighted by Crippen LogP contribution is 2.21. The largest absolute Gasteiger partial charge is 0.497 e. The molecule has 1 atom stereocenters. The molecule has 1 aliphatic heterocycles. The van der Waals surface area contributed by atoms with Crippen LogP contribution in [0.2, 0.25) is 0 Å². The Morgan fingerprint density at radius 2 is 2.11 bits per heavy atom. The van der Waals surface area contributed by atoms with Gasteiger partial charge in [0.05, 0.1) is 7.11 Å². The van der Waals surface area contributed by atoms with Crippen LogP contribution in [0.1, 0.15) is 32.6 Å². The number of hydrogen-bond acceptors (Lipinski definition) is 2. The van der Waals surface area contributed by atoms with E-state index in [2.05, 4.69) is 12.2 Å². The first-order valence-electron chi connectivity index (χ1n) is 6.96. The first-order valence-corrected chi connectivity index (χ1v) is 6.96. The van der Waals surface area contributed by atoms with Crippen molar-refractivity contribution in [1.29, 1.82) is 0 Å². The number of piperidine rings is 1. The summed E-state index contributed by atoms with van der Waals surface area (Å²) in [5.41, 5.74) is 0.811. The molecule has 0 aliphatic carbocycles. The quantitative estimate of drug-likeness (QED) is 0.906. The smallest absolute Gasteiger partial charge is 0.322 e. The lowest BCUT2D eigenvalue weighted by Gasteiger charge is -2.35. The third-order valence-corrected chi connectivity index (χ3v) is 3.70. The number of urea groups is 1. The Bertz CT molecular complexity index is 417. The highest BCUT2D eigenvalue weighted by Gasteiger charge is 2.25. The molecule has 19 heavy (non-hydrogen) atoms. The van der Waals surface area contributed by atoms with E-state index in [0.717, 1.165) is 37.2 Å². The van der Waals surface area contributed by atoms with Crippen LogP contribution in [0.5, 0.6) is 5.75 Å². The van der Waals surface area contributed by atoms with Crippen LogP contribution >= 0.6 is 0 Å². The summed E-state index contributed by atoms with van der Waals surface area (Å²) in [7, 11) is 1.63. The van der Waals surface area contributed by atoms with Crippen LogP contribution in [0.3, 0.4) is 0 Å². The lowest BCUT2D eigenvalue weighted by atomic mass is 10.0. The predicted octanol–water partition coefficient (Wildman–Crippen LogP) is 3.49. The lowest BCUT2D eigenvalue weighted by molar-refractivity contribution is 0.160. The molecule has 1 unspecified atom stereocenters. The number of methoxy groups -OCH3 is 1. The topological polar surface area (TPSA) is 41.6 Å². The summed E-state index contributed by atoms with van der Waals surface area (Å²) in [5, 5.41) is 2.96. The number of hydrogen-bond donors (Lipinski definition) is 1. The van der Waals surface area contributed by atoms with E-state index in [1.165, 1.54) is 6.42 Å². The van der Waals surface area contributed by atoms with E-state index in [-0.39, 0.29) is 6.03 Å². The molecule has 1 aromatic carbocycles. The van der Waals surface area contributed by atoms with Crippen LogP contribution in [-0.2, 0) is 0 Å². The van der Waals surface area contributed by atoms with Crippen LogP contribution in [0.25, 0.3) is 0 Å². The number of ether oxygens (including phenoxy) is 1. The fourth-order valence-corrected chi connectivity index (χ4v) is 2.56. The molecule has 1 saturated heterocycles. The molecule has 0 radical (unpaired) electrons. The van der Waals surface area contributed by atoms with Gasteiger partial charge >= 0.3 is 6.03 Å². The zero-order chi connectivity index (χ0) is 13.7. The number of benzene rings is 1. The monoisotopic (exact) mass is 262 g/mol. The zero-order valence-corrected chi connectivity index (χ0v) is 11.7. The van der Waals surface area contributed by atoms with Crippen molar-refractivity contribution in [3.8, 4) is 5.75 Å². The van der Waals surface area contributed by atoms with Crippen LogP contribution in [0, 0.1) is 0 Å². The minimum Gasteiger partial charge on any atom is -0.497 e. The Balaban J connectivity index is 1.98. The zero-order valence-electron chi connectivity index (χ0n) is 11.7. The van der Waals surface area contributed by atoms with Gasteiger partial charge < -0.3 is 15.0 Å². The highest BCUT2D eigenvalue weighted by atomic mass is 16.5. The van der Waals surface area contributed by atoms with E-state index in [9.17, 15) is 4.79 Å². The molecular weight excluding hydrogens is 240 g/mol. The van der Waals surface area contributed by atoms with Gasteiger partial charge in [0, 0.05) is 18.3 Å². The maximum absolute atomic E-state index is 12.3. The van der Waals surface area contributed by atoms with Gasteiger partial charge in [-0.05, 0) is 49.9 Å². The molecule has 2 rings (SSSR count). The van der Waals surface area contributed by atoms with Crippen LogP contribution in [0.15, 0.2) is 24.3 Å². The maximum atomic E-state index is 12.3. The fourth-order valence-electron chi connectivity index (χ4n) is 2.56. The molecule has 1 aliphatic rings. The van der Waals surface area contributed by atoms with Crippen LogP contribution < -0.4 is 10.1 Å².